The van der Waals surface area contributed by atoms with E-state index in [0.29, 0.717) is 17.3 Å². The predicted octanol–water partition coefficient (Wildman–Crippen LogP) is 2.71. The molecule has 0 unspecified atom stereocenters. The molecule has 4 rings (SSSR count). The van der Waals surface area contributed by atoms with Crippen molar-refractivity contribution in [2.75, 3.05) is 20.1 Å². The maximum absolute atomic E-state index is 14.5. The van der Waals surface area contributed by atoms with Crippen LogP contribution in [-0.4, -0.2) is 57.7 Å². The highest BCUT2D eigenvalue weighted by Crippen LogP contribution is 2.30. The number of likely N-dealkylation sites (N-methyl/N-ethyl adjacent to an activating group) is 1. The minimum atomic E-state index is -0.428. The molecule has 2 aliphatic heterocycles. The first-order valence-corrected chi connectivity index (χ1v) is 8.96. The Morgan fingerprint density at radius 1 is 1.20 bits per heavy atom. The van der Waals surface area contributed by atoms with E-state index in [4.69, 9.17) is 0 Å². The fraction of sp³-hybridized carbons (Fsp3) is 0.474. The summed E-state index contributed by atoms with van der Waals surface area (Å²) in [6.07, 6.45) is 7.67. The number of nitrogens with zero attached hydrogens (tertiary/aromatic N) is 4. The maximum atomic E-state index is 14.5. The summed E-state index contributed by atoms with van der Waals surface area (Å²) in [5.74, 6) is -0.489. The molecule has 0 spiro atoms. The van der Waals surface area contributed by atoms with Gasteiger partial charge in [-0.1, -0.05) is 0 Å². The van der Waals surface area contributed by atoms with Gasteiger partial charge in [0.25, 0.3) is 5.91 Å². The molecule has 0 bridgehead atoms. The van der Waals surface area contributed by atoms with Crippen LogP contribution in [0, 0.1) is 5.82 Å². The number of halogens is 1. The van der Waals surface area contributed by atoms with E-state index in [-0.39, 0.29) is 11.9 Å². The number of hydrogen-bond acceptors (Lipinski definition) is 3. The quantitative estimate of drug-likeness (QED) is 0.861. The lowest BCUT2D eigenvalue weighted by atomic mass is 10.0. The molecule has 2 aliphatic rings. The van der Waals surface area contributed by atoms with E-state index in [1.165, 1.54) is 17.2 Å². The average molecular weight is 342 g/mol. The first kappa shape index (κ1) is 16.3. The molecule has 25 heavy (non-hydrogen) atoms. The first-order valence-electron chi connectivity index (χ1n) is 8.96. The summed E-state index contributed by atoms with van der Waals surface area (Å²) in [7, 11) is 2.14. The monoisotopic (exact) mass is 342 g/mol. The van der Waals surface area contributed by atoms with Crippen LogP contribution in [0.2, 0.25) is 0 Å². The van der Waals surface area contributed by atoms with Crippen LogP contribution in [0.5, 0.6) is 0 Å². The van der Waals surface area contributed by atoms with Gasteiger partial charge in [0.05, 0.1) is 0 Å². The van der Waals surface area contributed by atoms with Crippen molar-refractivity contribution in [1.29, 1.82) is 0 Å². The van der Waals surface area contributed by atoms with E-state index in [9.17, 15) is 9.18 Å². The first-order chi connectivity index (χ1) is 12.1. The van der Waals surface area contributed by atoms with Crippen molar-refractivity contribution in [1.82, 2.24) is 19.6 Å². The Hall–Kier alpha value is -2.21. The van der Waals surface area contributed by atoms with Gasteiger partial charge in [-0.15, -0.1) is 0 Å². The summed E-state index contributed by atoms with van der Waals surface area (Å²) in [4.78, 5) is 17.3. The van der Waals surface area contributed by atoms with Crippen LogP contribution in [0.4, 0.5) is 4.39 Å². The second-order valence-corrected chi connectivity index (χ2v) is 7.02. The minimum absolute atomic E-state index is 0.0614. The van der Waals surface area contributed by atoms with Crippen LogP contribution in [-0.2, 0) is 0 Å². The van der Waals surface area contributed by atoms with Gasteiger partial charge in [-0.3, -0.25) is 4.79 Å². The molecule has 1 aromatic carbocycles. The van der Waals surface area contributed by atoms with E-state index in [0.717, 1.165) is 32.4 Å². The molecule has 3 heterocycles. The van der Waals surface area contributed by atoms with Crippen LogP contribution >= 0.6 is 0 Å². The van der Waals surface area contributed by atoms with Crippen LogP contribution in [0.25, 0.3) is 5.69 Å². The van der Waals surface area contributed by atoms with Crippen LogP contribution in [0.1, 0.15) is 36.0 Å². The molecule has 5 nitrogen and oxygen atoms in total. The van der Waals surface area contributed by atoms with Crippen LogP contribution in [0.15, 0.2) is 36.7 Å². The Kier molecular flexibility index (Phi) is 4.29. The number of likely N-dealkylation sites (tertiary alicyclic amines) is 2. The van der Waals surface area contributed by atoms with Crippen molar-refractivity contribution >= 4 is 5.91 Å². The maximum Gasteiger partial charge on any atom is 0.254 e. The molecule has 0 N–H and O–H groups in total. The summed E-state index contributed by atoms with van der Waals surface area (Å²) < 4.78 is 15.9. The number of benzene rings is 1. The van der Waals surface area contributed by atoms with Crippen LogP contribution < -0.4 is 0 Å². The van der Waals surface area contributed by atoms with Crippen molar-refractivity contribution in [3.05, 3.63) is 48.0 Å². The smallest absolute Gasteiger partial charge is 0.254 e. The van der Waals surface area contributed by atoms with E-state index >= 15 is 0 Å². The van der Waals surface area contributed by atoms with Gasteiger partial charge in [-0.2, -0.15) is 5.10 Å². The summed E-state index contributed by atoms with van der Waals surface area (Å²) >= 11 is 0. The summed E-state index contributed by atoms with van der Waals surface area (Å²) in [5.41, 5.74) is 0.774. The zero-order chi connectivity index (χ0) is 17.4. The summed E-state index contributed by atoms with van der Waals surface area (Å²) in [5, 5.41) is 4.05. The Labute approximate surface area is 147 Å². The molecule has 6 heteroatoms. The second kappa shape index (κ2) is 6.59. The van der Waals surface area contributed by atoms with Gasteiger partial charge in [-0.05, 0) is 63.5 Å². The van der Waals surface area contributed by atoms with E-state index in [1.807, 2.05) is 4.90 Å². The number of aromatic nitrogens is 2. The van der Waals surface area contributed by atoms with Gasteiger partial charge in [0.15, 0.2) is 0 Å². The van der Waals surface area contributed by atoms with Crippen molar-refractivity contribution in [2.45, 2.75) is 37.8 Å². The molecule has 1 amide bonds. The van der Waals surface area contributed by atoms with Crippen molar-refractivity contribution in [3.63, 3.8) is 0 Å². The molecular formula is C19H23FN4O. The molecule has 1 aromatic heterocycles. The fourth-order valence-corrected chi connectivity index (χ4v) is 4.27. The third-order valence-corrected chi connectivity index (χ3v) is 5.53. The van der Waals surface area contributed by atoms with Gasteiger partial charge >= 0.3 is 0 Å². The van der Waals surface area contributed by atoms with E-state index < -0.39 is 5.82 Å². The SMILES string of the molecule is CN1CCC[C@@H]1[C@H]1CCCN1C(=O)c1ccc(-n2cccn2)c(F)c1. The molecular weight excluding hydrogens is 319 g/mol. The molecule has 0 saturated carbocycles. The molecule has 2 saturated heterocycles. The Balaban J connectivity index is 1.57. The van der Waals surface area contributed by atoms with E-state index in [1.54, 1.807) is 30.6 Å². The lowest BCUT2D eigenvalue weighted by Crippen LogP contribution is -2.47. The molecule has 132 valence electrons. The standard InChI is InChI=1S/C19H23FN4O/c1-22-10-2-5-17(22)18-6-3-11-23(18)19(25)14-7-8-16(15(20)13-14)24-12-4-9-21-24/h4,7-9,12-13,17-18H,2-3,5-6,10-11H2,1H3/t17-,18-/m1/s1. The topological polar surface area (TPSA) is 41.4 Å². The predicted molar refractivity (Wildman–Crippen MR) is 93.2 cm³/mol. The Morgan fingerprint density at radius 3 is 2.68 bits per heavy atom. The van der Waals surface area contributed by atoms with Gasteiger partial charge in [0.1, 0.15) is 11.5 Å². The zero-order valence-corrected chi connectivity index (χ0v) is 14.4. The molecule has 2 fully saturated rings. The number of hydrogen-bond donors (Lipinski definition) is 0. The number of rotatable bonds is 3. The lowest BCUT2D eigenvalue weighted by molar-refractivity contribution is 0.0664. The second-order valence-electron chi connectivity index (χ2n) is 7.02. The Morgan fingerprint density at radius 2 is 2.00 bits per heavy atom. The largest absolute Gasteiger partial charge is 0.334 e. The average Bonchev–Trinajstić information content (AvgIpc) is 3.35. The third-order valence-electron chi connectivity index (χ3n) is 5.53. The lowest BCUT2D eigenvalue weighted by Gasteiger charge is -2.33. The summed E-state index contributed by atoms with van der Waals surface area (Å²) in [6, 6.07) is 7.09. The normalized spacial score (nSPS) is 24.2. The molecule has 2 atom stereocenters. The highest BCUT2D eigenvalue weighted by molar-refractivity contribution is 5.95. The molecule has 0 radical (unpaired) electrons. The highest BCUT2D eigenvalue weighted by atomic mass is 19.1. The van der Waals surface area contributed by atoms with Crippen molar-refractivity contribution < 1.29 is 9.18 Å². The van der Waals surface area contributed by atoms with Gasteiger partial charge in [0, 0.05) is 36.6 Å². The minimum Gasteiger partial charge on any atom is -0.334 e. The Bertz CT molecular complexity index is 761. The van der Waals surface area contributed by atoms with Crippen molar-refractivity contribution in [3.8, 4) is 5.69 Å². The van der Waals surface area contributed by atoms with Gasteiger partial charge in [-0.25, -0.2) is 9.07 Å². The number of carbonyl (C=O) groups is 1. The molecule has 0 aliphatic carbocycles. The zero-order valence-electron chi connectivity index (χ0n) is 14.4. The fourth-order valence-electron chi connectivity index (χ4n) is 4.27. The molecule has 2 aromatic rings. The van der Waals surface area contributed by atoms with Gasteiger partial charge < -0.3 is 9.80 Å². The van der Waals surface area contributed by atoms with Crippen molar-refractivity contribution in [2.24, 2.45) is 0 Å². The highest BCUT2D eigenvalue weighted by Gasteiger charge is 2.38. The number of carbonyl (C=O) groups excluding carboxylic acids is 1. The van der Waals surface area contributed by atoms with Crippen LogP contribution in [0.3, 0.4) is 0 Å². The third kappa shape index (κ3) is 2.95. The van der Waals surface area contributed by atoms with E-state index in [2.05, 4.69) is 17.0 Å². The number of amides is 1. The van der Waals surface area contributed by atoms with Gasteiger partial charge in [0.2, 0.25) is 0 Å². The summed E-state index contributed by atoms with van der Waals surface area (Å²) in [6.45, 7) is 1.85.